The van der Waals surface area contributed by atoms with E-state index in [-0.39, 0.29) is 22.4 Å². The zero-order chi connectivity index (χ0) is 22.5. The van der Waals surface area contributed by atoms with Crippen LogP contribution in [0.5, 0.6) is 0 Å². The predicted molar refractivity (Wildman–Crippen MR) is 116 cm³/mol. The van der Waals surface area contributed by atoms with Crippen molar-refractivity contribution in [3.8, 4) is 0 Å². The zero-order valence-corrected chi connectivity index (χ0v) is 18.7. The fraction of sp³-hybridized carbons (Fsp3) is 0.364. The molecule has 7 nitrogen and oxygen atoms in total. The van der Waals surface area contributed by atoms with Crippen molar-refractivity contribution < 1.29 is 22.7 Å². The lowest BCUT2D eigenvalue weighted by Gasteiger charge is -2.17. The number of aryl methyl sites for hydroxylation is 2. The Balaban J connectivity index is 2.14. The molecule has 8 heteroatoms. The van der Waals surface area contributed by atoms with E-state index in [2.05, 4.69) is 10.0 Å². The number of benzene rings is 2. The van der Waals surface area contributed by atoms with Gasteiger partial charge in [0, 0.05) is 11.7 Å². The number of amides is 1. The molecule has 0 fully saturated rings. The summed E-state index contributed by atoms with van der Waals surface area (Å²) in [5, 5.41) is 2.74. The van der Waals surface area contributed by atoms with Gasteiger partial charge in [-0.25, -0.2) is 13.2 Å². The first-order valence-electron chi connectivity index (χ1n) is 9.66. The first kappa shape index (κ1) is 23.4. The number of carbonyl (C=O) groups excluding carboxylic acids is 2. The molecule has 0 aliphatic heterocycles. The maximum absolute atomic E-state index is 12.8. The SMILES string of the molecule is Cc1cccc(NS(=O)(=O)c2cc(C(=O)OCC(=O)NC(C)C(C)C)ccc2C)c1. The summed E-state index contributed by atoms with van der Waals surface area (Å²) in [6.45, 7) is 8.86. The first-order valence-corrected chi connectivity index (χ1v) is 11.1. The summed E-state index contributed by atoms with van der Waals surface area (Å²) in [6.07, 6.45) is 0. The van der Waals surface area contributed by atoms with E-state index in [9.17, 15) is 18.0 Å². The van der Waals surface area contributed by atoms with Crippen LogP contribution in [0, 0.1) is 19.8 Å². The topological polar surface area (TPSA) is 102 Å². The third kappa shape index (κ3) is 6.32. The van der Waals surface area contributed by atoms with E-state index in [4.69, 9.17) is 4.74 Å². The Morgan fingerprint density at radius 1 is 1.03 bits per heavy atom. The van der Waals surface area contributed by atoms with Gasteiger partial charge in [-0.1, -0.05) is 32.0 Å². The lowest BCUT2D eigenvalue weighted by molar-refractivity contribution is -0.125. The van der Waals surface area contributed by atoms with Crippen LogP contribution in [0.4, 0.5) is 5.69 Å². The van der Waals surface area contributed by atoms with Crippen LogP contribution in [-0.2, 0) is 19.6 Å². The van der Waals surface area contributed by atoms with Gasteiger partial charge in [-0.05, 0) is 62.1 Å². The number of sulfonamides is 1. The fourth-order valence-corrected chi connectivity index (χ4v) is 3.93. The molecule has 0 heterocycles. The van der Waals surface area contributed by atoms with E-state index < -0.39 is 28.5 Å². The van der Waals surface area contributed by atoms with E-state index in [1.165, 1.54) is 18.2 Å². The van der Waals surface area contributed by atoms with Crippen molar-refractivity contribution in [2.24, 2.45) is 5.92 Å². The fourth-order valence-electron chi connectivity index (χ4n) is 2.61. The molecule has 0 bridgehead atoms. The van der Waals surface area contributed by atoms with E-state index in [0.29, 0.717) is 11.3 Å². The Morgan fingerprint density at radius 3 is 2.37 bits per heavy atom. The smallest absolute Gasteiger partial charge is 0.338 e. The lowest BCUT2D eigenvalue weighted by atomic mass is 10.1. The van der Waals surface area contributed by atoms with Crippen LogP contribution >= 0.6 is 0 Å². The molecule has 1 unspecified atom stereocenters. The summed E-state index contributed by atoms with van der Waals surface area (Å²) < 4.78 is 33.2. The number of rotatable bonds is 8. The predicted octanol–water partition coefficient (Wildman–Crippen LogP) is 3.42. The number of nitrogens with one attached hydrogen (secondary N) is 2. The molecule has 2 rings (SSSR count). The average Bonchev–Trinajstić information content (AvgIpc) is 2.65. The quantitative estimate of drug-likeness (QED) is 0.623. The van der Waals surface area contributed by atoms with Crippen molar-refractivity contribution >= 4 is 27.6 Å². The lowest BCUT2D eigenvalue weighted by Crippen LogP contribution is -2.38. The third-order valence-corrected chi connectivity index (χ3v) is 6.23. The highest BCUT2D eigenvalue weighted by Crippen LogP contribution is 2.22. The number of anilines is 1. The molecule has 30 heavy (non-hydrogen) atoms. The largest absolute Gasteiger partial charge is 0.452 e. The Hall–Kier alpha value is -2.87. The second-order valence-corrected chi connectivity index (χ2v) is 9.28. The van der Waals surface area contributed by atoms with Crippen LogP contribution in [0.2, 0.25) is 0 Å². The summed E-state index contributed by atoms with van der Waals surface area (Å²) in [4.78, 5) is 24.2. The molecule has 2 N–H and O–H groups in total. The van der Waals surface area contributed by atoms with Gasteiger partial charge in [-0.15, -0.1) is 0 Å². The van der Waals surface area contributed by atoms with Crippen LogP contribution in [0.3, 0.4) is 0 Å². The van der Waals surface area contributed by atoms with Gasteiger partial charge in [0.05, 0.1) is 10.5 Å². The molecule has 0 saturated carbocycles. The maximum atomic E-state index is 12.8. The molecule has 0 spiro atoms. The van der Waals surface area contributed by atoms with Gasteiger partial charge >= 0.3 is 5.97 Å². The normalized spacial score (nSPS) is 12.3. The molecular formula is C22H28N2O5S. The first-order chi connectivity index (χ1) is 14.0. The number of hydrogen-bond acceptors (Lipinski definition) is 5. The minimum absolute atomic E-state index is 0.0312. The summed E-state index contributed by atoms with van der Waals surface area (Å²) in [5.41, 5.74) is 1.87. The second kappa shape index (κ2) is 9.75. The van der Waals surface area contributed by atoms with Crippen molar-refractivity contribution in [3.05, 3.63) is 59.2 Å². The molecule has 0 aliphatic rings. The standard InChI is InChI=1S/C22H28N2O5S/c1-14(2)17(5)23-21(25)13-29-22(26)18-10-9-16(4)20(12-18)30(27,28)24-19-8-6-7-15(3)11-19/h6-12,14,17,24H,13H2,1-5H3,(H,23,25). The minimum atomic E-state index is -3.91. The van der Waals surface area contributed by atoms with Crippen LogP contribution in [0.15, 0.2) is 47.4 Å². The van der Waals surface area contributed by atoms with Gasteiger partial charge in [0.15, 0.2) is 6.61 Å². The van der Waals surface area contributed by atoms with Crippen LogP contribution in [0.1, 0.15) is 42.3 Å². The van der Waals surface area contributed by atoms with Gasteiger partial charge in [-0.2, -0.15) is 0 Å². The average molecular weight is 433 g/mol. The van der Waals surface area contributed by atoms with Crippen molar-refractivity contribution in [2.75, 3.05) is 11.3 Å². The highest BCUT2D eigenvalue weighted by atomic mass is 32.2. The molecule has 0 radical (unpaired) electrons. The summed E-state index contributed by atoms with van der Waals surface area (Å²) >= 11 is 0. The molecule has 1 atom stereocenters. The van der Waals surface area contributed by atoms with Crippen LogP contribution < -0.4 is 10.0 Å². The highest BCUT2D eigenvalue weighted by molar-refractivity contribution is 7.92. The molecule has 0 aliphatic carbocycles. The van der Waals surface area contributed by atoms with Crippen molar-refractivity contribution in [2.45, 2.75) is 45.6 Å². The van der Waals surface area contributed by atoms with Gasteiger partial charge in [0.25, 0.3) is 15.9 Å². The van der Waals surface area contributed by atoms with Crippen molar-refractivity contribution in [3.63, 3.8) is 0 Å². The Labute approximate surface area is 177 Å². The minimum Gasteiger partial charge on any atom is -0.452 e. The van der Waals surface area contributed by atoms with Gasteiger partial charge in [0.1, 0.15) is 0 Å². The maximum Gasteiger partial charge on any atom is 0.338 e. The van der Waals surface area contributed by atoms with Gasteiger partial charge in [-0.3, -0.25) is 9.52 Å². The Bertz CT molecular complexity index is 1030. The molecule has 0 saturated heterocycles. The number of esters is 1. The van der Waals surface area contributed by atoms with E-state index in [1.807, 2.05) is 33.8 Å². The number of hydrogen-bond donors (Lipinski definition) is 2. The molecule has 2 aromatic rings. The van der Waals surface area contributed by atoms with Crippen LogP contribution in [-0.4, -0.2) is 32.9 Å². The van der Waals surface area contributed by atoms with E-state index in [1.54, 1.807) is 25.1 Å². The summed E-state index contributed by atoms with van der Waals surface area (Å²) in [5.74, 6) is -0.935. The highest BCUT2D eigenvalue weighted by Gasteiger charge is 2.21. The number of carbonyl (C=O) groups is 2. The van der Waals surface area contributed by atoms with E-state index in [0.717, 1.165) is 5.56 Å². The summed E-state index contributed by atoms with van der Waals surface area (Å²) in [7, 11) is -3.91. The van der Waals surface area contributed by atoms with Gasteiger partial charge in [0.2, 0.25) is 0 Å². The molecule has 1 amide bonds. The second-order valence-electron chi connectivity index (χ2n) is 7.63. The monoisotopic (exact) mass is 432 g/mol. The van der Waals surface area contributed by atoms with Crippen molar-refractivity contribution in [1.82, 2.24) is 5.32 Å². The van der Waals surface area contributed by atoms with Crippen molar-refractivity contribution in [1.29, 1.82) is 0 Å². The summed E-state index contributed by atoms with van der Waals surface area (Å²) in [6, 6.07) is 11.2. The number of ether oxygens (including phenoxy) is 1. The molecule has 162 valence electrons. The zero-order valence-electron chi connectivity index (χ0n) is 17.9. The Morgan fingerprint density at radius 2 is 1.73 bits per heavy atom. The third-order valence-electron chi connectivity index (χ3n) is 4.71. The molecular weight excluding hydrogens is 404 g/mol. The van der Waals surface area contributed by atoms with Gasteiger partial charge < -0.3 is 10.1 Å². The van der Waals surface area contributed by atoms with Crippen LogP contribution in [0.25, 0.3) is 0 Å². The molecule has 2 aromatic carbocycles. The Kier molecular flexibility index (Phi) is 7.61. The molecule has 0 aromatic heterocycles. The van der Waals surface area contributed by atoms with E-state index >= 15 is 0 Å².